The quantitative estimate of drug-likeness (QED) is 0.808. The summed E-state index contributed by atoms with van der Waals surface area (Å²) >= 11 is 11.1. The van der Waals surface area contributed by atoms with Crippen LogP contribution in [0.2, 0.25) is 5.02 Å². The SMILES string of the molecule is CC(C)CN(CCC(N)=S)c1ncccc1Cl. The summed E-state index contributed by atoms with van der Waals surface area (Å²) in [6.07, 6.45) is 2.42. The van der Waals surface area contributed by atoms with Gasteiger partial charge in [0.05, 0.1) is 10.0 Å². The molecule has 1 aromatic rings. The van der Waals surface area contributed by atoms with E-state index in [0.717, 1.165) is 18.9 Å². The average Bonchev–Trinajstić information content (AvgIpc) is 2.24. The summed E-state index contributed by atoms with van der Waals surface area (Å²) < 4.78 is 0. The molecule has 3 nitrogen and oxygen atoms in total. The second-order valence-corrected chi connectivity index (χ2v) is 5.30. The van der Waals surface area contributed by atoms with E-state index in [2.05, 4.69) is 23.7 Å². The maximum absolute atomic E-state index is 6.15. The predicted octanol–water partition coefficient (Wildman–Crippen LogP) is 2.87. The van der Waals surface area contributed by atoms with Gasteiger partial charge in [0.15, 0.2) is 0 Å². The number of nitrogens with zero attached hydrogens (tertiary/aromatic N) is 2. The monoisotopic (exact) mass is 271 g/mol. The Morgan fingerprint density at radius 1 is 1.59 bits per heavy atom. The van der Waals surface area contributed by atoms with Crippen LogP contribution in [0, 0.1) is 5.92 Å². The highest BCUT2D eigenvalue weighted by molar-refractivity contribution is 7.80. The highest BCUT2D eigenvalue weighted by Gasteiger charge is 2.13. The predicted molar refractivity (Wildman–Crippen MR) is 77.7 cm³/mol. The van der Waals surface area contributed by atoms with E-state index in [-0.39, 0.29) is 0 Å². The van der Waals surface area contributed by atoms with Crippen LogP contribution in [0.3, 0.4) is 0 Å². The van der Waals surface area contributed by atoms with Crippen molar-refractivity contribution in [1.29, 1.82) is 0 Å². The Hall–Kier alpha value is -0.870. The lowest BCUT2D eigenvalue weighted by Gasteiger charge is -2.26. The lowest BCUT2D eigenvalue weighted by molar-refractivity contribution is 0.609. The summed E-state index contributed by atoms with van der Waals surface area (Å²) in [7, 11) is 0. The van der Waals surface area contributed by atoms with Crippen molar-refractivity contribution in [3.63, 3.8) is 0 Å². The van der Waals surface area contributed by atoms with Gasteiger partial charge in [0, 0.05) is 25.7 Å². The van der Waals surface area contributed by atoms with Gasteiger partial charge in [0.1, 0.15) is 5.82 Å². The topological polar surface area (TPSA) is 42.1 Å². The maximum atomic E-state index is 6.15. The summed E-state index contributed by atoms with van der Waals surface area (Å²) in [6.45, 7) is 5.96. The van der Waals surface area contributed by atoms with Crippen LogP contribution < -0.4 is 10.6 Å². The molecule has 0 atom stereocenters. The van der Waals surface area contributed by atoms with E-state index in [1.165, 1.54) is 0 Å². The normalized spacial score (nSPS) is 10.6. The van der Waals surface area contributed by atoms with Crippen LogP contribution in [0.4, 0.5) is 5.82 Å². The molecule has 0 aliphatic rings. The minimum atomic E-state index is 0.519. The van der Waals surface area contributed by atoms with Crippen LogP contribution >= 0.6 is 23.8 Å². The van der Waals surface area contributed by atoms with Crippen LogP contribution in [0.5, 0.6) is 0 Å². The van der Waals surface area contributed by atoms with Gasteiger partial charge >= 0.3 is 0 Å². The Labute approximate surface area is 113 Å². The number of thiocarbonyl (C=S) groups is 1. The van der Waals surface area contributed by atoms with E-state index >= 15 is 0 Å². The van der Waals surface area contributed by atoms with Crippen molar-refractivity contribution in [1.82, 2.24) is 4.98 Å². The lowest BCUT2D eigenvalue weighted by Crippen LogP contribution is -2.31. The number of anilines is 1. The fraction of sp³-hybridized carbons (Fsp3) is 0.500. The van der Waals surface area contributed by atoms with Crippen LogP contribution in [0.1, 0.15) is 20.3 Å². The number of nitrogens with two attached hydrogens (primary N) is 1. The zero-order valence-electron chi connectivity index (χ0n) is 10.2. The van der Waals surface area contributed by atoms with E-state index in [1.54, 1.807) is 6.20 Å². The standard InChI is InChI=1S/C12H18ClN3S/c1-9(2)8-16(7-5-11(14)17)12-10(13)4-3-6-15-12/h3-4,6,9H,5,7-8H2,1-2H3,(H2,14,17). The first kappa shape index (κ1) is 14.2. The van der Waals surface area contributed by atoms with Gasteiger partial charge in [0.25, 0.3) is 0 Å². The molecular formula is C12H18ClN3S. The Morgan fingerprint density at radius 2 is 2.29 bits per heavy atom. The van der Waals surface area contributed by atoms with E-state index in [9.17, 15) is 0 Å². The molecule has 0 radical (unpaired) electrons. The van der Waals surface area contributed by atoms with Crippen molar-refractivity contribution in [3.8, 4) is 0 Å². The molecule has 0 aliphatic carbocycles. The minimum Gasteiger partial charge on any atom is -0.393 e. The van der Waals surface area contributed by atoms with Crippen LogP contribution in [-0.4, -0.2) is 23.1 Å². The average molecular weight is 272 g/mol. The van der Waals surface area contributed by atoms with Crippen LogP contribution in [0.15, 0.2) is 18.3 Å². The molecule has 0 unspecified atom stereocenters. The Balaban J connectivity index is 2.82. The van der Waals surface area contributed by atoms with Crippen LogP contribution in [-0.2, 0) is 0 Å². The molecule has 0 aliphatic heterocycles. The Kier molecular flexibility index (Phi) is 5.65. The number of aromatic nitrogens is 1. The number of halogens is 1. The molecule has 1 rings (SSSR count). The van der Waals surface area contributed by atoms with E-state index in [4.69, 9.17) is 29.6 Å². The molecule has 1 heterocycles. The molecule has 0 saturated carbocycles. The first-order chi connectivity index (χ1) is 8.00. The fourth-order valence-corrected chi connectivity index (χ4v) is 1.91. The number of hydrogen-bond acceptors (Lipinski definition) is 3. The summed E-state index contributed by atoms with van der Waals surface area (Å²) in [4.78, 5) is 6.97. The molecule has 0 fully saturated rings. The largest absolute Gasteiger partial charge is 0.393 e. The van der Waals surface area contributed by atoms with Gasteiger partial charge in [-0.25, -0.2) is 4.98 Å². The Morgan fingerprint density at radius 3 is 2.82 bits per heavy atom. The summed E-state index contributed by atoms with van der Waals surface area (Å²) in [6, 6.07) is 3.67. The zero-order chi connectivity index (χ0) is 12.8. The smallest absolute Gasteiger partial charge is 0.147 e. The van der Waals surface area contributed by atoms with Gasteiger partial charge in [-0.1, -0.05) is 37.7 Å². The third kappa shape index (κ3) is 4.88. The zero-order valence-corrected chi connectivity index (χ0v) is 11.8. The van der Waals surface area contributed by atoms with Crippen molar-refractivity contribution in [2.24, 2.45) is 11.7 Å². The third-order valence-electron chi connectivity index (χ3n) is 2.25. The lowest BCUT2D eigenvalue weighted by atomic mass is 10.2. The van der Waals surface area contributed by atoms with Crippen molar-refractivity contribution in [2.45, 2.75) is 20.3 Å². The molecule has 94 valence electrons. The van der Waals surface area contributed by atoms with Gasteiger partial charge < -0.3 is 10.6 Å². The summed E-state index contributed by atoms with van der Waals surface area (Å²) in [5, 5.41) is 0.663. The number of pyridine rings is 1. The van der Waals surface area contributed by atoms with E-state index < -0.39 is 0 Å². The van der Waals surface area contributed by atoms with Gasteiger partial charge in [-0.05, 0) is 18.1 Å². The van der Waals surface area contributed by atoms with Crippen molar-refractivity contribution < 1.29 is 0 Å². The molecule has 17 heavy (non-hydrogen) atoms. The summed E-state index contributed by atoms with van der Waals surface area (Å²) in [5.74, 6) is 1.33. The van der Waals surface area contributed by atoms with E-state index in [0.29, 0.717) is 22.3 Å². The second kappa shape index (κ2) is 6.77. The molecular weight excluding hydrogens is 254 g/mol. The molecule has 0 saturated heterocycles. The molecule has 1 aromatic heterocycles. The van der Waals surface area contributed by atoms with E-state index in [1.807, 2.05) is 12.1 Å². The molecule has 0 spiro atoms. The minimum absolute atomic E-state index is 0.519. The molecule has 0 bridgehead atoms. The van der Waals surface area contributed by atoms with Crippen molar-refractivity contribution in [3.05, 3.63) is 23.4 Å². The number of rotatable bonds is 6. The highest BCUT2D eigenvalue weighted by Crippen LogP contribution is 2.23. The first-order valence-electron chi connectivity index (χ1n) is 5.64. The molecule has 0 amide bonds. The molecule has 5 heteroatoms. The third-order valence-corrected chi connectivity index (χ3v) is 2.75. The van der Waals surface area contributed by atoms with Crippen LogP contribution in [0.25, 0.3) is 0 Å². The van der Waals surface area contributed by atoms with Gasteiger partial charge in [-0.15, -0.1) is 0 Å². The van der Waals surface area contributed by atoms with Gasteiger partial charge in [0.2, 0.25) is 0 Å². The number of hydrogen-bond donors (Lipinski definition) is 1. The van der Waals surface area contributed by atoms with Crippen molar-refractivity contribution in [2.75, 3.05) is 18.0 Å². The summed E-state index contributed by atoms with van der Waals surface area (Å²) in [5.41, 5.74) is 5.54. The molecule has 0 aromatic carbocycles. The molecule has 2 N–H and O–H groups in total. The van der Waals surface area contributed by atoms with Gasteiger partial charge in [-0.2, -0.15) is 0 Å². The fourth-order valence-electron chi connectivity index (χ4n) is 1.58. The highest BCUT2D eigenvalue weighted by atomic mass is 35.5. The Bertz CT molecular complexity index is 382. The van der Waals surface area contributed by atoms with Crippen molar-refractivity contribution >= 4 is 34.6 Å². The maximum Gasteiger partial charge on any atom is 0.147 e. The second-order valence-electron chi connectivity index (χ2n) is 4.37. The van der Waals surface area contributed by atoms with Gasteiger partial charge in [-0.3, -0.25) is 0 Å². The first-order valence-corrected chi connectivity index (χ1v) is 6.43.